The van der Waals surface area contributed by atoms with E-state index < -0.39 is 0 Å². The van der Waals surface area contributed by atoms with Crippen molar-refractivity contribution < 1.29 is 0 Å². The van der Waals surface area contributed by atoms with Crippen molar-refractivity contribution in [3.8, 4) is 0 Å². The van der Waals surface area contributed by atoms with Crippen molar-refractivity contribution in [1.82, 2.24) is 0 Å². The van der Waals surface area contributed by atoms with E-state index in [4.69, 9.17) is 58.0 Å². The maximum Gasteiger partial charge on any atom is 0.0500 e. The second-order valence-corrected chi connectivity index (χ2v) is 6.51. The monoisotopic (exact) mass is 312 g/mol. The van der Waals surface area contributed by atoms with Gasteiger partial charge in [-0.3, -0.25) is 0 Å². The van der Waals surface area contributed by atoms with Crippen molar-refractivity contribution in [2.24, 2.45) is 0 Å². The van der Waals surface area contributed by atoms with E-state index in [0.717, 1.165) is 25.7 Å². The molecule has 0 aliphatic heterocycles. The molecule has 0 nitrogen and oxygen atoms in total. The van der Waals surface area contributed by atoms with Gasteiger partial charge in [0.1, 0.15) is 0 Å². The summed E-state index contributed by atoms with van der Waals surface area (Å²) in [5.74, 6) is 0.455. The summed E-state index contributed by atoms with van der Waals surface area (Å²) in [7, 11) is 0. The van der Waals surface area contributed by atoms with Crippen LogP contribution in [0.1, 0.15) is 32.6 Å². The van der Waals surface area contributed by atoms with E-state index in [0.29, 0.717) is 5.88 Å². The fourth-order valence-corrected chi connectivity index (χ4v) is 2.08. The normalized spacial score (nSPS) is 19.6. The topological polar surface area (TPSA) is 0 Å². The van der Waals surface area contributed by atoms with E-state index >= 15 is 0 Å². The number of alkyl halides is 5. The van der Waals surface area contributed by atoms with Gasteiger partial charge in [-0.05, 0) is 32.6 Å². The minimum atomic E-state index is -0.0495. The van der Waals surface area contributed by atoms with Crippen molar-refractivity contribution in [3.05, 3.63) is 0 Å². The Labute approximate surface area is 118 Å². The van der Waals surface area contributed by atoms with E-state index in [2.05, 4.69) is 0 Å². The molecule has 0 rings (SSSR count). The highest BCUT2D eigenvalue weighted by atomic mass is 35.5. The lowest BCUT2D eigenvalue weighted by Gasteiger charge is -2.17. The molecule has 0 heterocycles. The first-order valence-electron chi connectivity index (χ1n) is 5.09. The van der Waals surface area contributed by atoms with Gasteiger partial charge in [-0.25, -0.2) is 0 Å². The van der Waals surface area contributed by atoms with Crippen LogP contribution in [0.15, 0.2) is 0 Å². The van der Waals surface area contributed by atoms with E-state index in [9.17, 15) is 0 Å². The zero-order valence-electron chi connectivity index (χ0n) is 8.73. The number of halogens is 5. The summed E-state index contributed by atoms with van der Waals surface area (Å²) in [6.45, 7) is 1.96. The van der Waals surface area contributed by atoms with Crippen molar-refractivity contribution in [3.63, 3.8) is 0 Å². The summed E-state index contributed by atoms with van der Waals surface area (Å²) in [5, 5.41) is 0.0566. The van der Waals surface area contributed by atoms with Crippen LogP contribution in [0.4, 0.5) is 0 Å². The van der Waals surface area contributed by atoms with E-state index in [-0.39, 0.29) is 21.5 Å². The molecule has 0 N–H and O–H groups in total. The van der Waals surface area contributed by atoms with E-state index in [1.165, 1.54) is 0 Å². The molecule has 0 aliphatic carbocycles. The quantitative estimate of drug-likeness (QED) is 0.538. The van der Waals surface area contributed by atoms with Gasteiger partial charge in [-0.2, -0.15) is 0 Å². The van der Waals surface area contributed by atoms with Gasteiger partial charge in [-0.1, -0.05) is 0 Å². The third-order valence-electron chi connectivity index (χ3n) is 2.16. The molecule has 5 heteroatoms. The lowest BCUT2D eigenvalue weighted by atomic mass is 10.1. The molecule has 0 amide bonds. The van der Waals surface area contributed by atoms with Gasteiger partial charge in [0.05, 0.1) is 0 Å². The predicted octanol–water partition coefficient (Wildman–Crippen LogP) is 5.24. The Morgan fingerprint density at radius 3 is 1.67 bits per heavy atom. The Morgan fingerprint density at radius 1 is 0.800 bits per heavy atom. The van der Waals surface area contributed by atoms with Gasteiger partial charge in [-0.15, -0.1) is 58.0 Å². The first-order chi connectivity index (χ1) is 6.97. The summed E-state index contributed by atoms with van der Waals surface area (Å²) >= 11 is 29.6. The Morgan fingerprint density at radius 2 is 1.27 bits per heavy atom. The van der Waals surface area contributed by atoms with Crippen molar-refractivity contribution >= 4 is 58.0 Å². The summed E-state index contributed by atoms with van der Waals surface area (Å²) in [6.07, 6.45) is 3.33. The molecule has 0 unspecified atom stereocenters. The minimum Gasteiger partial charge on any atom is -0.125 e. The SMILES string of the molecule is C[C@H](Cl)CC[C@H](Cl)[C@H](Cl)CC[C@@H](Cl)CCl. The van der Waals surface area contributed by atoms with Gasteiger partial charge in [0.2, 0.25) is 0 Å². The highest BCUT2D eigenvalue weighted by molar-refractivity contribution is 6.30. The van der Waals surface area contributed by atoms with Crippen LogP contribution in [0.3, 0.4) is 0 Å². The first-order valence-corrected chi connectivity index (χ1v) is 7.37. The third-order valence-corrected chi connectivity index (χ3v) is 4.45. The highest BCUT2D eigenvalue weighted by Gasteiger charge is 2.18. The van der Waals surface area contributed by atoms with Crippen LogP contribution in [0.5, 0.6) is 0 Å². The van der Waals surface area contributed by atoms with Crippen molar-refractivity contribution in [2.75, 3.05) is 5.88 Å². The lowest BCUT2D eigenvalue weighted by molar-refractivity contribution is 0.603. The van der Waals surface area contributed by atoms with Gasteiger partial charge >= 0.3 is 0 Å². The smallest absolute Gasteiger partial charge is 0.0500 e. The van der Waals surface area contributed by atoms with Crippen molar-refractivity contribution in [2.45, 2.75) is 54.1 Å². The molecule has 15 heavy (non-hydrogen) atoms. The maximum absolute atomic E-state index is 6.14. The summed E-state index contributed by atoms with van der Waals surface area (Å²) in [5.41, 5.74) is 0. The lowest BCUT2D eigenvalue weighted by Crippen LogP contribution is -2.18. The standard InChI is InChI=1S/C10H17Cl5/c1-7(12)2-4-9(14)10(15)5-3-8(13)6-11/h7-10H,2-6H2,1H3/t7-,8+,9-,10+/m0/s1. The Kier molecular flexibility index (Phi) is 10.4. The second kappa shape index (κ2) is 9.48. The molecule has 0 bridgehead atoms. The highest BCUT2D eigenvalue weighted by Crippen LogP contribution is 2.23. The molecule has 0 saturated carbocycles. The van der Waals surface area contributed by atoms with Crippen LogP contribution in [0.2, 0.25) is 0 Å². The Bertz CT molecular complexity index is 151. The molecule has 0 radical (unpaired) electrons. The van der Waals surface area contributed by atoms with Crippen LogP contribution >= 0.6 is 58.0 Å². The molecule has 0 aromatic carbocycles. The molecule has 0 aromatic rings. The maximum atomic E-state index is 6.14. The molecule has 4 atom stereocenters. The Hall–Kier alpha value is 1.45. The average molecular weight is 315 g/mol. The van der Waals surface area contributed by atoms with Crippen molar-refractivity contribution in [1.29, 1.82) is 0 Å². The molecule has 0 spiro atoms. The molecular formula is C10H17Cl5. The summed E-state index contributed by atoms with van der Waals surface area (Å²) in [4.78, 5) is 0. The average Bonchev–Trinajstić information content (AvgIpc) is 2.21. The van der Waals surface area contributed by atoms with Crippen LogP contribution in [0, 0.1) is 0 Å². The zero-order chi connectivity index (χ0) is 11.8. The van der Waals surface area contributed by atoms with E-state index in [1.807, 2.05) is 6.92 Å². The summed E-state index contributed by atoms with van der Waals surface area (Å²) < 4.78 is 0. The zero-order valence-corrected chi connectivity index (χ0v) is 12.5. The molecule has 0 saturated heterocycles. The molecule has 0 aromatic heterocycles. The van der Waals surface area contributed by atoms with Gasteiger partial charge in [0, 0.05) is 27.4 Å². The third kappa shape index (κ3) is 9.18. The van der Waals surface area contributed by atoms with Gasteiger partial charge in [0.15, 0.2) is 0 Å². The summed E-state index contributed by atoms with van der Waals surface area (Å²) in [6, 6.07) is 0. The van der Waals surface area contributed by atoms with Crippen LogP contribution in [-0.4, -0.2) is 27.4 Å². The molecule has 92 valence electrons. The van der Waals surface area contributed by atoms with Crippen LogP contribution < -0.4 is 0 Å². The second-order valence-electron chi connectivity index (χ2n) is 3.72. The Balaban J connectivity index is 3.64. The van der Waals surface area contributed by atoms with Gasteiger partial charge < -0.3 is 0 Å². The first kappa shape index (κ1) is 16.4. The number of hydrogen-bond acceptors (Lipinski definition) is 0. The fraction of sp³-hybridized carbons (Fsp3) is 1.00. The molecular weight excluding hydrogens is 297 g/mol. The number of rotatable bonds is 8. The molecule has 0 aliphatic rings. The molecule has 0 fully saturated rings. The van der Waals surface area contributed by atoms with Gasteiger partial charge in [0.25, 0.3) is 0 Å². The van der Waals surface area contributed by atoms with E-state index in [1.54, 1.807) is 0 Å². The van der Waals surface area contributed by atoms with Crippen LogP contribution in [-0.2, 0) is 0 Å². The largest absolute Gasteiger partial charge is 0.125 e. The fourth-order valence-electron chi connectivity index (χ4n) is 1.17. The van der Waals surface area contributed by atoms with Crippen LogP contribution in [0.25, 0.3) is 0 Å². The minimum absolute atomic E-state index is 0.0104. The number of hydrogen-bond donors (Lipinski definition) is 0. The predicted molar refractivity (Wildman–Crippen MR) is 73.4 cm³/mol.